The Hall–Kier alpha value is -1.96. The Labute approximate surface area is 116 Å². The predicted octanol–water partition coefficient (Wildman–Crippen LogP) is 0.457. The first-order valence-electron chi connectivity index (χ1n) is 6.11. The van der Waals surface area contributed by atoms with Crippen LogP contribution in [-0.4, -0.2) is 41.6 Å². The highest BCUT2D eigenvalue weighted by Crippen LogP contribution is 2.11. The summed E-state index contributed by atoms with van der Waals surface area (Å²) in [7, 11) is -3.25. The summed E-state index contributed by atoms with van der Waals surface area (Å²) in [5.41, 5.74) is 1.14. The first-order valence-corrected chi connectivity index (χ1v) is 8.17. The van der Waals surface area contributed by atoms with E-state index in [-0.39, 0.29) is 5.75 Å². The summed E-state index contributed by atoms with van der Waals surface area (Å²) >= 11 is 0. The van der Waals surface area contributed by atoms with Crippen molar-refractivity contribution in [2.45, 2.75) is 13.3 Å². The molecule has 7 nitrogen and oxygen atoms in total. The smallest absolute Gasteiger partial charge is 0.317 e. The Morgan fingerprint density at radius 1 is 1.40 bits per heavy atom. The van der Waals surface area contributed by atoms with Crippen LogP contribution in [0.2, 0.25) is 0 Å². The van der Waals surface area contributed by atoms with Crippen molar-refractivity contribution in [3.63, 3.8) is 0 Å². The lowest BCUT2D eigenvalue weighted by molar-refractivity contribution is -0.149. The molecule has 1 unspecified atom stereocenters. The van der Waals surface area contributed by atoms with Crippen LogP contribution in [0.3, 0.4) is 0 Å². The van der Waals surface area contributed by atoms with E-state index in [4.69, 9.17) is 4.84 Å². The van der Waals surface area contributed by atoms with Crippen molar-refractivity contribution in [2.75, 3.05) is 12.0 Å². The minimum atomic E-state index is -3.25. The molecule has 0 amide bonds. The summed E-state index contributed by atoms with van der Waals surface area (Å²) in [5.74, 6) is -1.59. The molecule has 0 aliphatic rings. The Bertz CT molecular complexity index is 723. The van der Waals surface area contributed by atoms with Gasteiger partial charge in [0.1, 0.15) is 20.9 Å². The molecule has 0 bridgehead atoms. The third kappa shape index (κ3) is 3.32. The molecule has 0 fully saturated rings. The van der Waals surface area contributed by atoms with E-state index in [1.165, 1.54) is 0 Å². The zero-order valence-corrected chi connectivity index (χ0v) is 12.0. The van der Waals surface area contributed by atoms with Gasteiger partial charge in [-0.15, -0.1) is 5.10 Å². The minimum absolute atomic E-state index is 0.241. The van der Waals surface area contributed by atoms with Gasteiger partial charge in [0, 0.05) is 6.26 Å². The van der Waals surface area contributed by atoms with Crippen LogP contribution < -0.4 is 4.84 Å². The summed E-state index contributed by atoms with van der Waals surface area (Å²) in [6, 6.07) is 7.01. The summed E-state index contributed by atoms with van der Waals surface area (Å²) in [6.45, 7) is 1.73. The molecule has 1 aromatic carbocycles. The van der Waals surface area contributed by atoms with Crippen LogP contribution in [0.5, 0.6) is 0 Å². The van der Waals surface area contributed by atoms with Crippen molar-refractivity contribution in [1.29, 1.82) is 0 Å². The van der Waals surface area contributed by atoms with Gasteiger partial charge in [0.05, 0.1) is 11.7 Å². The molecule has 2 rings (SSSR count). The van der Waals surface area contributed by atoms with E-state index >= 15 is 0 Å². The van der Waals surface area contributed by atoms with Crippen LogP contribution in [0, 0.1) is 5.92 Å². The van der Waals surface area contributed by atoms with Crippen LogP contribution in [0.1, 0.15) is 13.3 Å². The van der Waals surface area contributed by atoms with Crippen LogP contribution in [0.25, 0.3) is 11.0 Å². The molecule has 1 heterocycles. The molecule has 1 atom stereocenters. The minimum Gasteiger partial charge on any atom is -0.317 e. The standard InChI is InChI=1S/C12H15N3O4S/c1-3-9(8-20(2,17)18)12(16)19-15-11-7-5-4-6-10(11)13-14-15/h4-7,9H,3,8H2,1-2H3. The maximum Gasteiger partial charge on any atom is 0.339 e. The van der Waals surface area contributed by atoms with Gasteiger partial charge in [-0.2, -0.15) is 0 Å². The largest absolute Gasteiger partial charge is 0.339 e. The molecular formula is C12H15N3O4S. The lowest BCUT2D eigenvalue weighted by atomic mass is 10.1. The Morgan fingerprint density at radius 3 is 2.75 bits per heavy atom. The molecule has 20 heavy (non-hydrogen) atoms. The molecule has 0 aliphatic heterocycles. The highest BCUT2D eigenvalue weighted by molar-refractivity contribution is 7.90. The van der Waals surface area contributed by atoms with E-state index in [0.717, 1.165) is 11.1 Å². The van der Waals surface area contributed by atoms with Crippen LogP contribution in [0.4, 0.5) is 0 Å². The third-order valence-electron chi connectivity index (χ3n) is 2.83. The molecule has 0 aliphatic carbocycles. The zero-order valence-electron chi connectivity index (χ0n) is 11.2. The number of hydrogen-bond donors (Lipinski definition) is 0. The number of aromatic nitrogens is 3. The Kier molecular flexibility index (Phi) is 4.03. The fourth-order valence-corrected chi connectivity index (χ4v) is 2.90. The van der Waals surface area contributed by atoms with Crippen LogP contribution in [-0.2, 0) is 14.6 Å². The normalized spacial score (nSPS) is 13.3. The number of para-hydroxylation sites is 1. The maximum atomic E-state index is 12.0. The number of carbonyl (C=O) groups excluding carboxylic acids is 1. The van der Waals surface area contributed by atoms with Gasteiger partial charge in [0.15, 0.2) is 0 Å². The fraction of sp³-hybridized carbons (Fsp3) is 0.417. The lowest BCUT2D eigenvalue weighted by Gasteiger charge is -2.11. The second-order valence-corrected chi connectivity index (χ2v) is 6.74. The Morgan fingerprint density at radius 2 is 2.10 bits per heavy atom. The molecule has 0 spiro atoms. The average Bonchev–Trinajstić information content (AvgIpc) is 2.78. The van der Waals surface area contributed by atoms with E-state index in [1.54, 1.807) is 31.2 Å². The number of fused-ring (bicyclic) bond motifs is 1. The quantitative estimate of drug-likeness (QED) is 0.744. The van der Waals surface area contributed by atoms with Crippen molar-refractivity contribution in [2.24, 2.45) is 5.92 Å². The zero-order chi connectivity index (χ0) is 14.8. The second kappa shape index (κ2) is 5.58. The van der Waals surface area contributed by atoms with Gasteiger partial charge in [0.25, 0.3) is 0 Å². The van der Waals surface area contributed by atoms with Crippen molar-refractivity contribution in [1.82, 2.24) is 15.2 Å². The molecular weight excluding hydrogens is 282 g/mol. The first-order chi connectivity index (χ1) is 9.40. The van der Waals surface area contributed by atoms with E-state index in [9.17, 15) is 13.2 Å². The van der Waals surface area contributed by atoms with Crippen LogP contribution >= 0.6 is 0 Å². The summed E-state index contributed by atoms with van der Waals surface area (Å²) < 4.78 is 22.6. The predicted molar refractivity (Wildman–Crippen MR) is 72.6 cm³/mol. The maximum absolute atomic E-state index is 12.0. The Balaban J connectivity index is 2.18. The van der Waals surface area contributed by atoms with E-state index in [2.05, 4.69) is 10.3 Å². The highest BCUT2D eigenvalue weighted by Gasteiger charge is 2.24. The number of nitrogens with zero attached hydrogens (tertiary/aromatic N) is 3. The number of rotatable bonds is 5. The van der Waals surface area contributed by atoms with Crippen LogP contribution in [0.15, 0.2) is 24.3 Å². The van der Waals surface area contributed by atoms with E-state index in [0.29, 0.717) is 17.5 Å². The summed E-state index contributed by atoms with van der Waals surface area (Å²) in [5, 5.41) is 7.57. The molecule has 0 saturated carbocycles. The van der Waals surface area contributed by atoms with Gasteiger partial charge in [-0.25, -0.2) is 13.2 Å². The van der Waals surface area contributed by atoms with Crippen molar-refractivity contribution < 1.29 is 18.0 Å². The fourth-order valence-electron chi connectivity index (χ4n) is 1.79. The molecule has 1 aromatic heterocycles. The summed E-state index contributed by atoms with van der Waals surface area (Å²) in [4.78, 5) is 18.1. The highest BCUT2D eigenvalue weighted by atomic mass is 32.2. The SMILES string of the molecule is CCC(CS(C)(=O)=O)C(=O)On1nnc2ccccc21. The van der Waals surface area contributed by atoms with Gasteiger partial charge in [-0.3, -0.25) is 0 Å². The summed E-state index contributed by atoms with van der Waals surface area (Å²) in [6.07, 6.45) is 1.46. The topological polar surface area (TPSA) is 91.2 Å². The van der Waals surface area contributed by atoms with Crippen molar-refractivity contribution in [3.05, 3.63) is 24.3 Å². The second-order valence-electron chi connectivity index (χ2n) is 4.56. The van der Waals surface area contributed by atoms with Gasteiger partial charge in [0.2, 0.25) is 0 Å². The molecule has 0 saturated heterocycles. The number of hydrogen-bond acceptors (Lipinski definition) is 6. The van der Waals surface area contributed by atoms with Crippen molar-refractivity contribution >= 4 is 26.8 Å². The van der Waals surface area contributed by atoms with Gasteiger partial charge >= 0.3 is 5.97 Å². The van der Waals surface area contributed by atoms with E-state index < -0.39 is 21.7 Å². The molecule has 0 radical (unpaired) electrons. The molecule has 2 aromatic rings. The third-order valence-corrected chi connectivity index (χ3v) is 3.84. The first kappa shape index (κ1) is 14.4. The van der Waals surface area contributed by atoms with Gasteiger partial charge in [-0.1, -0.05) is 23.9 Å². The number of benzene rings is 1. The van der Waals surface area contributed by atoms with E-state index in [1.807, 2.05) is 0 Å². The molecule has 108 valence electrons. The molecule has 0 N–H and O–H groups in total. The number of sulfone groups is 1. The average molecular weight is 297 g/mol. The monoisotopic (exact) mass is 297 g/mol. The van der Waals surface area contributed by atoms with Gasteiger partial charge in [-0.05, 0) is 23.8 Å². The van der Waals surface area contributed by atoms with Gasteiger partial charge < -0.3 is 4.84 Å². The van der Waals surface area contributed by atoms with Crippen molar-refractivity contribution in [3.8, 4) is 0 Å². The number of carbonyl (C=O) groups is 1. The lowest BCUT2D eigenvalue weighted by Crippen LogP contribution is -2.31. The molecule has 8 heteroatoms.